The van der Waals surface area contributed by atoms with Crippen molar-refractivity contribution in [2.75, 3.05) is 25.5 Å². The zero-order valence-corrected chi connectivity index (χ0v) is 12.5. The first kappa shape index (κ1) is 14.8. The number of nitrogens with zero attached hydrogens (tertiary/aromatic N) is 2. The number of nitro groups is 1. The average molecular weight is 277 g/mol. The van der Waals surface area contributed by atoms with Crippen LogP contribution in [0.25, 0.3) is 0 Å². The van der Waals surface area contributed by atoms with Crippen LogP contribution in [0.5, 0.6) is 0 Å². The molecule has 1 aromatic carbocycles. The van der Waals surface area contributed by atoms with Crippen LogP contribution in [0.4, 0.5) is 11.4 Å². The predicted molar refractivity (Wildman–Crippen MR) is 81.3 cm³/mol. The first-order valence-corrected chi connectivity index (χ1v) is 7.18. The molecule has 5 nitrogen and oxygen atoms in total. The summed E-state index contributed by atoms with van der Waals surface area (Å²) >= 11 is 0. The highest BCUT2D eigenvalue weighted by atomic mass is 16.6. The third-order valence-corrected chi connectivity index (χ3v) is 4.05. The van der Waals surface area contributed by atoms with E-state index in [1.807, 2.05) is 13.0 Å². The molecule has 20 heavy (non-hydrogen) atoms. The molecular formula is C15H23N3O2. The largest absolute Gasteiger partial charge is 0.382 e. The molecule has 0 saturated carbocycles. The normalized spacial score (nSPS) is 20.4. The topological polar surface area (TPSA) is 58.4 Å². The van der Waals surface area contributed by atoms with Crippen LogP contribution in [-0.4, -0.2) is 36.0 Å². The van der Waals surface area contributed by atoms with Crippen LogP contribution in [0.15, 0.2) is 12.1 Å². The molecule has 5 heteroatoms. The lowest BCUT2D eigenvalue weighted by Crippen LogP contribution is -2.23. The quantitative estimate of drug-likeness (QED) is 0.681. The summed E-state index contributed by atoms with van der Waals surface area (Å²) in [7, 11) is 2.16. The van der Waals surface area contributed by atoms with Gasteiger partial charge in [-0.3, -0.25) is 10.1 Å². The number of likely N-dealkylation sites (tertiary alicyclic amines) is 1. The number of hydrogen-bond donors (Lipinski definition) is 1. The molecule has 0 spiro atoms. The molecule has 1 fully saturated rings. The van der Waals surface area contributed by atoms with E-state index in [0.717, 1.165) is 37.2 Å². The lowest BCUT2D eigenvalue weighted by molar-refractivity contribution is -0.385. The number of nitrogens with one attached hydrogen (secondary N) is 1. The Morgan fingerprint density at radius 3 is 2.70 bits per heavy atom. The van der Waals surface area contributed by atoms with Gasteiger partial charge in [0.05, 0.1) is 4.92 Å². The Hall–Kier alpha value is -1.62. The molecule has 1 saturated heterocycles. The van der Waals surface area contributed by atoms with Crippen molar-refractivity contribution < 1.29 is 4.92 Å². The summed E-state index contributed by atoms with van der Waals surface area (Å²) in [6.45, 7) is 5.97. The maximum Gasteiger partial charge on any atom is 0.272 e. The van der Waals surface area contributed by atoms with Gasteiger partial charge in [-0.25, -0.2) is 0 Å². The van der Waals surface area contributed by atoms with Crippen LogP contribution in [0.3, 0.4) is 0 Å². The molecule has 0 aromatic heterocycles. The van der Waals surface area contributed by atoms with Gasteiger partial charge in [0.1, 0.15) is 0 Å². The van der Waals surface area contributed by atoms with Gasteiger partial charge < -0.3 is 10.2 Å². The minimum Gasteiger partial charge on any atom is -0.382 e. The Bertz CT molecular complexity index is 502. The van der Waals surface area contributed by atoms with Crippen LogP contribution >= 0.6 is 0 Å². The summed E-state index contributed by atoms with van der Waals surface area (Å²) in [6, 6.07) is 4.03. The summed E-state index contributed by atoms with van der Waals surface area (Å²) in [5, 5.41) is 14.5. The molecule has 2 rings (SSSR count). The number of benzene rings is 1. The molecule has 1 N–H and O–H groups in total. The predicted octanol–water partition coefficient (Wildman–Crippen LogP) is 3.11. The molecule has 1 aromatic rings. The lowest BCUT2D eigenvalue weighted by Gasteiger charge is -2.20. The van der Waals surface area contributed by atoms with Gasteiger partial charge >= 0.3 is 0 Å². The Kier molecular flexibility index (Phi) is 4.60. The summed E-state index contributed by atoms with van der Waals surface area (Å²) < 4.78 is 0. The minimum atomic E-state index is -0.313. The Morgan fingerprint density at radius 2 is 2.00 bits per heavy atom. The molecule has 110 valence electrons. The smallest absolute Gasteiger partial charge is 0.272 e. The molecule has 0 amide bonds. The second kappa shape index (κ2) is 6.22. The number of rotatable bonds is 3. The molecule has 1 heterocycles. The molecule has 0 aliphatic carbocycles. The van der Waals surface area contributed by atoms with Crippen molar-refractivity contribution in [3.63, 3.8) is 0 Å². The van der Waals surface area contributed by atoms with E-state index in [1.54, 1.807) is 13.0 Å². The van der Waals surface area contributed by atoms with Gasteiger partial charge in [-0.15, -0.1) is 0 Å². The molecule has 1 aliphatic rings. The second-order valence-electron chi connectivity index (χ2n) is 5.79. The zero-order chi connectivity index (χ0) is 14.7. The standard InChI is InChI=1S/C15H23N3O2/c1-11-10-15(18(19)20)12(2)9-14(11)16-13-5-4-7-17(3)8-6-13/h9-10,13,16H,4-8H2,1-3H3. The first-order valence-electron chi connectivity index (χ1n) is 7.18. The Morgan fingerprint density at radius 1 is 1.25 bits per heavy atom. The van der Waals surface area contributed by atoms with E-state index in [0.29, 0.717) is 11.6 Å². The van der Waals surface area contributed by atoms with Gasteiger partial charge in [0.2, 0.25) is 0 Å². The minimum absolute atomic E-state index is 0.202. The monoisotopic (exact) mass is 277 g/mol. The van der Waals surface area contributed by atoms with E-state index in [-0.39, 0.29) is 10.6 Å². The molecule has 0 bridgehead atoms. The SMILES string of the molecule is Cc1cc([N+](=O)[O-])c(C)cc1NC1CCCN(C)CC1. The van der Waals surface area contributed by atoms with Gasteiger partial charge in [0.25, 0.3) is 5.69 Å². The number of anilines is 1. The fourth-order valence-corrected chi connectivity index (χ4v) is 2.76. The highest BCUT2D eigenvalue weighted by Crippen LogP contribution is 2.27. The van der Waals surface area contributed by atoms with E-state index in [9.17, 15) is 10.1 Å². The first-order chi connectivity index (χ1) is 9.47. The summed E-state index contributed by atoms with van der Waals surface area (Å²) in [4.78, 5) is 13.0. The van der Waals surface area contributed by atoms with Gasteiger partial charge in [-0.1, -0.05) is 0 Å². The van der Waals surface area contributed by atoms with Crippen molar-refractivity contribution in [2.45, 2.75) is 39.2 Å². The van der Waals surface area contributed by atoms with Crippen molar-refractivity contribution in [1.29, 1.82) is 0 Å². The van der Waals surface area contributed by atoms with E-state index in [2.05, 4.69) is 17.3 Å². The van der Waals surface area contributed by atoms with Crippen LogP contribution in [-0.2, 0) is 0 Å². The van der Waals surface area contributed by atoms with Crippen LogP contribution in [0, 0.1) is 24.0 Å². The fourth-order valence-electron chi connectivity index (χ4n) is 2.76. The van der Waals surface area contributed by atoms with E-state index >= 15 is 0 Å². The van der Waals surface area contributed by atoms with Crippen molar-refractivity contribution in [3.8, 4) is 0 Å². The lowest BCUT2D eigenvalue weighted by atomic mass is 10.1. The van der Waals surface area contributed by atoms with E-state index in [1.165, 1.54) is 6.42 Å². The number of hydrogen-bond acceptors (Lipinski definition) is 4. The van der Waals surface area contributed by atoms with Gasteiger partial charge in [-0.05, 0) is 64.9 Å². The van der Waals surface area contributed by atoms with Gasteiger partial charge in [-0.2, -0.15) is 0 Å². The Balaban J connectivity index is 2.13. The second-order valence-corrected chi connectivity index (χ2v) is 5.79. The third kappa shape index (κ3) is 3.48. The molecule has 1 atom stereocenters. The highest BCUT2D eigenvalue weighted by Gasteiger charge is 2.18. The molecule has 1 unspecified atom stereocenters. The van der Waals surface area contributed by atoms with Crippen LogP contribution < -0.4 is 5.32 Å². The highest BCUT2D eigenvalue weighted by molar-refractivity contribution is 5.59. The van der Waals surface area contributed by atoms with Gasteiger partial charge in [0.15, 0.2) is 0 Å². The molecule has 1 aliphatic heterocycles. The fraction of sp³-hybridized carbons (Fsp3) is 0.600. The maximum absolute atomic E-state index is 10.9. The average Bonchev–Trinajstić information content (AvgIpc) is 2.58. The summed E-state index contributed by atoms with van der Waals surface area (Å²) in [5.41, 5.74) is 2.89. The Labute approximate surface area is 120 Å². The third-order valence-electron chi connectivity index (χ3n) is 4.05. The van der Waals surface area contributed by atoms with Gasteiger partial charge in [0, 0.05) is 23.4 Å². The van der Waals surface area contributed by atoms with E-state index in [4.69, 9.17) is 0 Å². The summed E-state index contributed by atoms with van der Waals surface area (Å²) in [5.74, 6) is 0. The molecule has 0 radical (unpaired) electrons. The number of nitro benzene ring substituents is 1. The van der Waals surface area contributed by atoms with Crippen LogP contribution in [0.1, 0.15) is 30.4 Å². The number of aryl methyl sites for hydroxylation is 2. The van der Waals surface area contributed by atoms with Crippen molar-refractivity contribution in [1.82, 2.24) is 4.90 Å². The van der Waals surface area contributed by atoms with E-state index < -0.39 is 0 Å². The van der Waals surface area contributed by atoms with Crippen LogP contribution in [0.2, 0.25) is 0 Å². The zero-order valence-electron chi connectivity index (χ0n) is 12.5. The summed E-state index contributed by atoms with van der Waals surface area (Å²) in [6.07, 6.45) is 3.46. The van der Waals surface area contributed by atoms with Crippen molar-refractivity contribution >= 4 is 11.4 Å². The molecular weight excluding hydrogens is 254 g/mol. The van der Waals surface area contributed by atoms with Crippen molar-refractivity contribution in [3.05, 3.63) is 33.4 Å². The van der Waals surface area contributed by atoms with Crippen molar-refractivity contribution in [2.24, 2.45) is 0 Å². The maximum atomic E-state index is 10.9.